The van der Waals surface area contributed by atoms with Crippen LogP contribution in [0.4, 0.5) is 10.1 Å². The number of H-pyrrole nitrogens is 1. The number of hydrogen-bond donors (Lipinski definition) is 3. The molecule has 0 amide bonds. The number of benzene rings is 1. The molecule has 0 atom stereocenters. The lowest BCUT2D eigenvalue weighted by molar-refractivity contribution is 0.596. The molecule has 0 saturated heterocycles. The molecule has 0 spiro atoms. The number of nitrogens with two attached hydrogens (primary N) is 1. The van der Waals surface area contributed by atoms with E-state index < -0.39 is 15.8 Å². The molecule has 18 heavy (non-hydrogen) atoms. The van der Waals surface area contributed by atoms with E-state index in [1.165, 1.54) is 24.5 Å². The predicted molar refractivity (Wildman–Crippen MR) is 63.7 cm³/mol. The normalized spacial score (nSPS) is 11.4. The van der Waals surface area contributed by atoms with Gasteiger partial charge in [-0.2, -0.15) is 5.10 Å². The molecule has 96 valence electrons. The summed E-state index contributed by atoms with van der Waals surface area (Å²) in [5, 5.41) is 6.09. The number of aromatic amines is 1. The summed E-state index contributed by atoms with van der Waals surface area (Å²) in [6, 6.07) is 3.46. The van der Waals surface area contributed by atoms with E-state index in [2.05, 4.69) is 14.9 Å². The number of halogens is 1. The highest BCUT2D eigenvalue weighted by molar-refractivity contribution is 7.92. The monoisotopic (exact) mass is 270 g/mol. The number of rotatable bonds is 4. The maximum atomic E-state index is 13.2. The molecule has 1 aromatic heterocycles. The van der Waals surface area contributed by atoms with Gasteiger partial charge in [0.15, 0.2) is 0 Å². The maximum absolute atomic E-state index is 13.2. The van der Waals surface area contributed by atoms with Crippen molar-refractivity contribution in [1.29, 1.82) is 0 Å². The van der Waals surface area contributed by atoms with E-state index >= 15 is 0 Å². The van der Waals surface area contributed by atoms with Crippen molar-refractivity contribution in [3.05, 3.63) is 42.0 Å². The minimum Gasteiger partial charge on any atom is -0.326 e. The van der Waals surface area contributed by atoms with Crippen LogP contribution in [-0.4, -0.2) is 18.6 Å². The first kappa shape index (κ1) is 12.5. The summed E-state index contributed by atoms with van der Waals surface area (Å²) in [5.41, 5.74) is 5.77. The van der Waals surface area contributed by atoms with Crippen LogP contribution < -0.4 is 10.5 Å². The van der Waals surface area contributed by atoms with Crippen LogP contribution in [0.2, 0.25) is 0 Å². The van der Waals surface area contributed by atoms with Crippen LogP contribution in [0.15, 0.2) is 35.5 Å². The second-order valence-corrected chi connectivity index (χ2v) is 5.23. The average molecular weight is 270 g/mol. The molecule has 0 aliphatic rings. The summed E-state index contributed by atoms with van der Waals surface area (Å²) < 4.78 is 39.5. The molecule has 0 bridgehead atoms. The summed E-state index contributed by atoms with van der Waals surface area (Å²) in [7, 11) is -3.76. The maximum Gasteiger partial charge on any atom is 0.262 e. The third-order valence-electron chi connectivity index (χ3n) is 2.30. The Labute approximate surface area is 103 Å². The molecule has 2 rings (SSSR count). The molecule has 0 radical (unpaired) electrons. The Kier molecular flexibility index (Phi) is 3.30. The molecule has 4 N–H and O–H groups in total. The van der Waals surface area contributed by atoms with Crippen LogP contribution >= 0.6 is 0 Å². The molecule has 0 fully saturated rings. The molecular weight excluding hydrogens is 259 g/mol. The summed E-state index contributed by atoms with van der Waals surface area (Å²) in [5.74, 6) is -0.528. The third kappa shape index (κ3) is 2.49. The van der Waals surface area contributed by atoms with E-state index in [0.29, 0.717) is 5.69 Å². The van der Waals surface area contributed by atoms with Gasteiger partial charge in [-0.15, -0.1) is 0 Å². The van der Waals surface area contributed by atoms with Crippen LogP contribution in [0.3, 0.4) is 0 Å². The van der Waals surface area contributed by atoms with Gasteiger partial charge >= 0.3 is 0 Å². The van der Waals surface area contributed by atoms with Gasteiger partial charge in [0.2, 0.25) is 0 Å². The smallest absolute Gasteiger partial charge is 0.262 e. The first-order valence-corrected chi connectivity index (χ1v) is 6.51. The molecular formula is C10H11FN4O2S. The first-order chi connectivity index (χ1) is 8.53. The summed E-state index contributed by atoms with van der Waals surface area (Å²) >= 11 is 0. The zero-order valence-electron chi connectivity index (χ0n) is 9.22. The molecule has 8 heteroatoms. The Hall–Kier alpha value is -1.93. The minimum atomic E-state index is -3.76. The Morgan fingerprint density at radius 1 is 1.44 bits per heavy atom. The summed E-state index contributed by atoms with van der Waals surface area (Å²) in [4.78, 5) is -0.0504. The lowest BCUT2D eigenvalue weighted by atomic mass is 10.2. The van der Waals surface area contributed by atoms with E-state index in [1.807, 2.05) is 0 Å². The fourth-order valence-electron chi connectivity index (χ4n) is 1.40. The van der Waals surface area contributed by atoms with Gasteiger partial charge in [0.05, 0.1) is 16.8 Å². The van der Waals surface area contributed by atoms with Gasteiger partial charge in [0.25, 0.3) is 10.0 Å². The van der Waals surface area contributed by atoms with Crippen LogP contribution in [0.5, 0.6) is 0 Å². The molecule has 0 aliphatic heterocycles. The van der Waals surface area contributed by atoms with E-state index in [0.717, 1.165) is 6.07 Å². The standard InChI is InChI=1S/C10H11FN4O2S/c11-10-2-1-9(3-7(10)4-12)18(16,17)15-8-5-13-14-6-8/h1-3,5-6,15H,4,12H2,(H,13,14). The molecule has 1 heterocycles. The van der Waals surface area contributed by atoms with Gasteiger partial charge < -0.3 is 5.73 Å². The van der Waals surface area contributed by atoms with E-state index in [4.69, 9.17) is 5.73 Å². The molecule has 0 saturated carbocycles. The van der Waals surface area contributed by atoms with Crippen LogP contribution in [0, 0.1) is 5.82 Å². The van der Waals surface area contributed by atoms with Gasteiger partial charge in [-0.25, -0.2) is 12.8 Å². The third-order valence-corrected chi connectivity index (χ3v) is 3.68. The van der Waals surface area contributed by atoms with Crippen LogP contribution in [0.25, 0.3) is 0 Å². The summed E-state index contributed by atoms with van der Waals surface area (Å²) in [6.45, 7) is -0.0685. The highest BCUT2D eigenvalue weighted by Gasteiger charge is 2.16. The van der Waals surface area contributed by atoms with Gasteiger partial charge in [-0.05, 0) is 18.2 Å². The van der Waals surface area contributed by atoms with Crippen molar-refractivity contribution in [2.75, 3.05) is 4.72 Å². The number of sulfonamides is 1. The Morgan fingerprint density at radius 3 is 2.83 bits per heavy atom. The fourth-order valence-corrected chi connectivity index (χ4v) is 2.48. The quantitative estimate of drug-likeness (QED) is 0.765. The zero-order valence-corrected chi connectivity index (χ0v) is 10.0. The lowest BCUT2D eigenvalue weighted by Gasteiger charge is -2.07. The van der Waals surface area contributed by atoms with E-state index in [9.17, 15) is 12.8 Å². The fraction of sp³-hybridized carbons (Fsp3) is 0.100. The van der Waals surface area contributed by atoms with Crippen molar-refractivity contribution in [3.8, 4) is 0 Å². The second kappa shape index (κ2) is 4.75. The van der Waals surface area contributed by atoms with Crippen molar-refractivity contribution in [2.24, 2.45) is 5.73 Å². The molecule has 1 aromatic carbocycles. The van der Waals surface area contributed by atoms with Crippen molar-refractivity contribution >= 4 is 15.7 Å². The summed E-state index contributed by atoms with van der Waals surface area (Å²) in [6.07, 6.45) is 2.72. The Balaban J connectivity index is 2.35. The van der Waals surface area contributed by atoms with Crippen LogP contribution in [-0.2, 0) is 16.6 Å². The van der Waals surface area contributed by atoms with Crippen molar-refractivity contribution in [3.63, 3.8) is 0 Å². The predicted octanol–water partition coefficient (Wildman–Crippen LogP) is 0.808. The number of nitrogens with zero attached hydrogens (tertiary/aromatic N) is 1. The van der Waals surface area contributed by atoms with Gasteiger partial charge in [-0.3, -0.25) is 9.82 Å². The lowest BCUT2D eigenvalue weighted by Crippen LogP contribution is -2.13. The number of hydrogen-bond acceptors (Lipinski definition) is 4. The minimum absolute atomic E-state index is 0.0504. The van der Waals surface area contributed by atoms with Crippen molar-refractivity contribution in [1.82, 2.24) is 10.2 Å². The van der Waals surface area contributed by atoms with Gasteiger partial charge in [-0.1, -0.05) is 0 Å². The second-order valence-electron chi connectivity index (χ2n) is 3.55. The number of anilines is 1. The number of aromatic nitrogens is 2. The first-order valence-electron chi connectivity index (χ1n) is 5.03. The van der Waals surface area contributed by atoms with Gasteiger partial charge in [0.1, 0.15) is 5.82 Å². The Bertz CT molecular complexity index is 640. The largest absolute Gasteiger partial charge is 0.326 e. The molecule has 2 aromatic rings. The van der Waals surface area contributed by atoms with E-state index in [-0.39, 0.29) is 17.0 Å². The highest BCUT2D eigenvalue weighted by atomic mass is 32.2. The van der Waals surface area contributed by atoms with Crippen molar-refractivity contribution < 1.29 is 12.8 Å². The van der Waals surface area contributed by atoms with E-state index in [1.54, 1.807) is 0 Å². The molecule has 0 aliphatic carbocycles. The zero-order chi connectivity index (χ0) is 13.2. The highest BCUT2D eigenvalue weighted by Crippen LogP contribution is 2.17. The Morgan fingerprint density at radius 2 is 2.22 bits per heavy atom. The molecule has 0 unspecified atom stereocenters. The van der Waals surface area contributed by atoms with Crippen molar-refractivity contribution in [2.45, 2.75) is 11.4 Å². The SMILES string of the molecule is NCc1cc(S(=O)(=O)Nc2cn[nH]c2)ccc1F. The number of nitrogens with one attached hydrogen (secondary N) is 2. The van der Waals surface area contributed by atoms with Crippen LogP contribution in [0.1, 0.15) is 5.56 Å². The average Bonchev–Trinajstić information content (AvgIpc) is 2.81. The topological polar surface area (TPSA) is 101 Å². The van der Waals surface area contributed by atoms with Gasteiger partial charge in [0, 0.05) is 18.3 Å². The molecule has 6 nitrogen and oxygen atoms in total.